The Morgan fingerprint density at radius 1 is 1.39 bits per heavy atom. The normalized spacial score (nSPS) is 24.3. The SMILES string of the molecule is C[C@H]1OCC(=O)[C@@H]1CCCCOC(=O)C(C)(C)C. The number of carbonyl (C=O) groups excluding carboxylic acids is 2. The highest BCUT2D eigenvalue weighted by Crippen LogP contribution is 2.23. The van der Waals surface area contributed by atoms with Gasteiger partial charge >= 0.3 is 5.97 Å². The maximum absolute atomic E-state index is 11.5. The minimum Gasteiger partial charge on any atom is -0.465 e. The largest absolute Gasteiger partial charge is 0.465 e. The summed E-state index contributed by atoms with van der Waals surface area (Å²) in [5.74, 6) is 0.0636. The van der Waals surface area contributed by atoms with Crippen molar-refractivity contribution < 1.29 is 19.1 Å². The van der Waals surface area contributed by atoms with E-state index in [1.807, 2.05) is 27.7 Å². The lowest BCUT2D eigenvalue weighted by Crippen LogP contribution is -2.23. The summed E-state index contributed by atoms with van der Waals surface area (Å²) in [5, 5.41) is 0. The lowest BCUT2D eigenvalue weighted by atomic mass is 9.95. The summed E-state index contributed by atoms with van der Waals surface area (Å²) < 4.78 is 10.5. The van der Waals surface area contributed by atoms with Crippen molar-refractivity contribution in [2.45, 2.75) is 53.1 Å². The second-order valence-corrected chi connectivity index (χ2v) is 5.97. The molecule has 0 aromatic rings. The van der Waals surface area contributed by atoms with E-state index in [9.17, 15) is 9.59 Å². The highest BCUT2D eigenvalue weighted by molar-refractivity contribution is 5.84. The van der Waals surface area contributed by atoms with Crippen molar-refractivity contribution >= 4 is 11.8 Å². The molecule has 0 aromatic carbocycles. The molecule has 2 atom stereocenters. The first kappa shape index (κ1) is 15.2. The highest BCUT2D eigenvalue weighted by atomic mass is 16.5. The third-order valence-electron chi connectivity index (χ3n) is 3.22. The summed E-state index contributed by atoms with van der Waals surface area (Å²) in [6, 6.07) is 0. The van der Waals surface area contributed by atoms with Crippen molar-refractivity contribution in [2.24, 2.45) is 11.3 Å². The van der Waals surface area contributed by atoms with E-state index in [4.69, 9.17) is 9.47 Å². The van der Waals surface area contributed by atoms with Gasteiger partial charge in [0.15, 0.2) is 5.78 Å². The number of rotatable bonds is 5. The summed E-state index contributed by atoms with van der Waals surface area (Å²) in [6.07, 6.45) is 2.56. The maximum Gasteiger partial charge on any atom is 0.311 e. The molecule has 0 unspecified atom stereocenters. The van der Waals surface area contributed by atoms with Gasteiger partial charge in [-0.15, -0.1) is 0 Å². The number of ketones is 1. The van der Waals surface area contributed by atoms with Gasteiger partial charge in [0, 0.05) is 5.92 Å². The number of hydrogen-bond donors (Lipinski definition) is 0. The minimum atomic E-state index is -0.441. The van der Waals surface area contributed by atoms with Crippen LogP contribution in [0.5, 0.6) is 0 Å². The topological polar surface area (TPSA) is 52.6 Å². The molecule has 0 bridgehead atoms. The lowest BCUT2D eigenvalue weighted by molar-refractivity contribution is -0.153. The standard InChI is InChI=1S/C14H24O4/c1-10-11(12(15)9-18-10)7-5-6-8-17-13(16)14(2,3)4/h10-11H,5-9H2,1-4H3/t10-,11-/m1/s1. The number of hydrogen-bond acceptors (Lipinski definition) is 4. The first-order valence-corrected chi connectivity index (χ1v) is 6.64. The van der Waals surface area contributed by atoms with Gasteiger partial charge < -0.3 is 9.47 Å². The Bertz CT molecular complexity index is 303. The zero-order valence-electron chi connectivity index (χ0n) is 11.8. The molecular formula is C14H24O4. The molecule has 1 aliphatic rings. The van der Waals surface area contributed by atoms with Crippen LogP contribution in [0.25, 0.3) is 0 Å². The first-order valence-electron chi connectivity index (χ1n) is 6.64. The van der Waals surface area contributed by atoms with Crippen molar-refractivity contribution in [2.75, 3.05) is 13.2 Å². The van der Waals surface area contributed by atoms with Crippen molar-refractivity contribution in [3.8, 4) is 0 Å². The molecule has 0 spiro atoms. The van der Waals surface area contributed by atoms with Gasteiger partial charge in [0.2, 0.25) is 0 Å². The molecule has 1 saturated heterocycles. The monoisotopic (exact) mass is 256 g/mol. The fourth-order valence-electron chi connectivity index (χ4n) is 1.94. The van der Waals surface area contributed by atoms with Gasteiger partial charge in [-0.1, -0.05) is 0 Å². The predicted octanol–water partition coefficient (Wildman–Crippen LogP) is 2.35. The first-order chi connectivity index (χ1) is 8.32. The molecule has 1 rings (SSSR count). The third kappa shape index (κ3) is 4.41. The average molecular weight is 256 g/mol. The van der Waals surface area contributed by atoms with Gasteiger partial charge in [0.05, 0.1) is 18.1 Å². The molecule has 18 heavy (non-hydrogen) atoms. The van der Waals surface area contributed by atoms with Crippen LogP contribution in [0.15, 0.2) is 0 Å². The molecule has 0 amide bonds. The highest BCUT2D eigenvalue weighted by Gasteiger charge is 2.31. The fourth-order valence-corrected chi connectivity index (χ4v) is 1.94. The molecule has 0 aliphatic carbocycles. The number of unbranched alkanes of at least 4 members (excludes halogenated alkanes) is 1. The molecule has 0 radical (unpaired) electrons. The summed E-state index contributed by atoms with van der Waals surface area (Å²) in [7, 11) is 0. The van der Waals surface area contributed by atoms with Crippen LogP contribution in [0.2, 0.25) is 0 Å². The van der Waals surface area contributed by atoms with E-state index in [0.717, 1.165) is 19.3 Å². The van der Waals surface area contributed by atoms with Gasteiger partial charge in [-0.3, -0.25) is 9.59 Å². The lowest BCUT2D eigenvalue weighted by Gasteiger charge is -2.17. The van der Waals surface area contributed by atoms with Crippen LogP contribution >= 0.6 is 0 Å². The van der Waals surface area contributed by atoms with E-state index in [1.54, 1.807) is 0 Å². The van der Waals surface area contributed by atoms with Gasteiger partial charge in [-0.2, -0.15) is 0 Å². The van der Waals surface area contributed by atoms with Crippen LogP contribution in [0.1, 0.15) is 47.0 Å². The van der Waals surface area contributed by atoms with E-state index in [0.29, 0.717) is 6.61 Å². The fraction of sp³-hybridized carbons (Fsp3) is 0.857. The molecule has 104 valence electrons. The molecule has 4 nitrogen and oxygen atoms in total. The van der Waals surface area contributed by atoms with Crippen molar-refractivity contribution in [3.63, 3.8) is 0 Å². The van der Waals surface area contributed by atoms with Crippen LogP contribution in [-0.2, 0) is 19.1 Å². The summed E-state index contributed by atoms with van der Waals surface area (Å²) in [4.78, 5) is 23.0. The Labute approximate surface area is 109 Å². The van der Waals surface area contributed by atoms with Crippen LogP contribution in [0.3, 0.4) is 0 Å². The molecule has 4 heteroatoms. The zero-order valence-corrected chi connectivity index (χ0v) is 11.8. The number of carbonyl (C=O) groups is 2. The van der Waals surface area contributed by atoms with E-state index in [-0.39, 0.29) is 30.4 Å². The van der Waals surface area contributed by atoms with Crippen molar-refractivity contribution in [3.05, 3.63) is 0 Å². The molecule has 1 fully saturated rings. The zero-order chi connectivity index (χ0) is 13.8. The molecule has 0 N–H and O–H groups in total. The summed E-state index contributed by atoms with van der Waals surface area (Å²) >= 11 is 0. The van der Waals surface area contributed by atoms with Crippen LogP contribution in [0, 0.1) is 11.3 Å². The number of esters is 1. The molecular weight excluding hydrogens is 232 g/mol. The molecule has 1 aliphatic heterocycles. The van der Waals surface area contributed by atoms with Gasteiger partial charge in [0.25, 0.3) is 0 Å². The van der Waals surface area contributed by atoms with Crippen LogP contribution in [-0.4, -0.2) is 31.1 Å². The van der Waals surface area contributed by atoms with E-state index in [1.165, 1.54) is 0 Å². The Kier molecular flexibility index (Phi) is 5.32. The Morgan fingerprint density at radius 2 is 2.06 bits per heavy atom. The maximum atomic E-state index is 11.5. The Morgan fingerprint density at radius 3 is 2.56 bits per heavy atom. The van der Waals surface area contributed by atoms with Gasteiger partial charge in [-0.25, -0.2) is 0 Å². The molecule has 0 saturated carbocycles. The smallest absolute Gasteiger partial charge is 0.311 e. The van der Waals surface area contributed by atoms with Crippen LogP contribution < -0.4 is 0 Å². The number of ether oxygens (including phenoxy) is 2. The predicted molar refractivity (Wildman–Crippen MR) is 68.2 cm³/mol. The Hall–Kier alpha value is -0.900. The Balaban J connectivity index is 2.12. The van der Waals surface area contributed by atoms with Crippen molar-refractivity contribution in [1.82, 2.24) is 0 Å². The van der Waals surface area contributed by atoms with E-state index < -0.39 is 5.41 Å². The van der Waals surface area contributed by atoms with E-state index in [2.05, 4.69) is 0 Å². The second-order valence-electron chi connectivity index (χ2n) is 5.97. The van der Waals surface area contributed by atoms with Crippen molar-refractivity contribution in [1.29, 1.82) is 0 Å². The minimum absolute atomic E-state index is 0.0308. The average Bonchev–Trinajstić information content (AvgIpc) is 2.58. The second kappa shape index (κ2) is 6.32. The quantitative estimate of drug-likeness (QED) is 0.559. The third-order valence-corrected chi connectivity index (χ3v) is 3.22. The van der Waals surface area contributed by atoms with E-state index >= 15 is 0 Å². The summed E-state index contributed by atoms with van der Waals surface area (Å²) in [6.45, 7) is 8.15. The summed E-state index contributed by atoms with van der Waals surface area (Å²) in [5.41, 5.74) is -0.441. The van der Waals surface area contributed by atoms with Gasteiger partial charge in [-0.05, 0) is 47.0 Å². The van der Waals surface area contributed by atoms with Crippen LogP contribution in [0.4, 0.5) is 0 Å². The molecule has 0 aromatic heterocycles. The van der Waals surface area contributed by atoms with Gasteiger partial charge in [0.1, 0.15) is 6.61 Å². The number of Topliss-reactive ketones (excluding diaryl/α,β-unsaturated/α-hetero) is 1. The molecule has 1 heterocycles.